The zero-order chi connectivity index (χ0) is 24.8. The highest BCUT2D eigenvalue weighted by Gasteiger charge is 2.24. The van der Waals surface area contributed by atoms with Crippen molar-refractivity contribution in [3.63, 3.8) is 0 Å². The molecule has 1 aliphatic heterocycles. The highest BCUT2D eigenvalue weighted by Crippen LogP contribution is 2.26. The van der Waals surface area contributed by atoms with Crippen LogP contribution in [-0.4, -0.2) is 53.1 Å². The lowest BCUT2D eigenvalue weighted by atomic mass is 9.97. The predicted molar refractivity (Wildman–Crippen MR) is 142 cm³/mol. The van der Waals surface area contributed by atoms with E-state index in [-0.39, 0.29) is 12.0 Å². The Morgan fingerprint density at radius 1 is 1.11 bits per heavy atom. The third-order valence-corrected chi connectivity index (χ3v) is 6.49. The average molecular weight is 493 g/mol. The maximum absolute atomic E-state index is 12.7. The maximum Gasteiger partial charge on any atom is 0.410 e. The first-order valence-electron chi connectivity index (χ1n) is 11.9. The van der Waals surface area contributed by atoms with Crippen LogP contribution in [0.1, 0.15) is 49.5 Å². The number of rotatable bonds is 7. The molecule has 35 heavy (non-hydrogen) atoms. The third kappa shape index (κ3) is 6.60. The van der Waals surface area contributed by atoms with Gasteiger partial charge in [0.2, 0.25) is 0 Å². The molecule has 4 rings (SSSR count). The first kappa shape index (κ1) is 24.7. The molecule has 0 saturated heterocycles. The molecule has 2 amide bonds. The molecular formula is C27H32N4O3S. The van der Waals surface area contributed by atoms with Crippen LogP contribution < -0.4 is 10.6 Å². The van der Waals surface area contributed by atoms with E-state index >= 15 is 0 Å². The van der Waals surface area contributed by atoms with Crippen molar-refractivity contribution in [3.8, 4) is 0 Å². The SMILES string of the molecule is CC(C)(C)OC(=O)N1CC=C(c2cccc(C(=O)NCCCNc3nsc4ccccc34)c2)CC1. The van der Waals surface area contributed by atoms with Crippen LogP contribution in [0, 0.1) is 0 Å². The fourth-order valence-corrected chi connectivity index (χ4v) is 4.65. The standard InChI is InChI=1S/C27H32N4O3S/c1-27(2,3)34-26(33)31-16-12-19(13-17-31)20-8-6-9-21(18-20)25(32)29-15-7-14-28-24-22-10-4-5-11-23(22)35-30-24/h4-6,8-12,18H,7,13-17H2,1-3H3,(H,28,30)(H,29,32). The molecule has 8 heteroatoms. The summed E-state index contributed by atoms with van der Waals surface area (Å²) in [7, 11) is 0. The number of carbonyl (C=O) groups excluding carboxylic acids is 2. The van der Waals surface area contributed by atoms with E-state index in [1.54, 1.807) is 4.90 Å². The van der Waals surface area contributed by atoms with Crippen LogP contribution in [0.2, 0.25) is 0 Å². The molecule has 0 bridgehead atoms. The molecule has 1 aromatic heterocycles. The number of nitrogens with one attached hydrogen (secondary N) is 2. The molecular weight excluding hydrogens is 460 g/mol. The average Bonchev–Trinajstić information content (AvgIpc) is 3.26. The number of amides is 2. The van der Waals surface area contributed by atoms with E-state index in [1.165, 1.54) is 11.5 Å². The molecule has 3 aromatic rings. The number of ether oxygens (including phenoxy) is 1. The van der Waals surface area contributed by atoms with Gasteiger partial charge in [-0.1, -0.05) is 30.3 Å². The number of benzene rings is 2. The van der Waals surface area contributed by atoms with Crippen molar-refractivity contribution < 1.29 is 14.3 Å². The lowest BCUT2D eigenvalue weighted by Crippen LogP contribution is -2.39. The zero-order valence-corrected chi connectivity index (χ0v) is 21.3. The normalized spacial score (nSPS) is 13.9. The minimum Gasteiger partial charge on any atom is -0.444 e. The van der Waals surface area contributed by atoms with Gasteiger partial charge in [-0.15, -0.1) is 0 Å². The van der Waals surface area contributed by atoms with Gasteiger partial charge in [0.25, 0.3) is 5.91 Å². The molecule has 0 saturated carbocycles. The molecule has 2 heterocycles. The summed E-state index contributed by atoms with van der Waals surface area (Å²) in [6, 6.07) is 15.8. The van der Waals surface area contributed by atoms with Gasteiger partial charge in [-0.3, -0.25) is 4.79 Å². The molecule has 0 spiro atoms. The molecule has 0 unspecified atom stereocenters. The van der Waals surface area contributed by atoms with Gasteiger partial charge in [0.15, 0.2) is 0 Å². The van der Waals surface area contributed by atoms with Gasteiger partial charge in [0, 0.05) is 37.1 Å². The van der Waals surface area contributed by atoms with Crippen molar-refractivity contribution in [2.75, 3.05) is 31.5 Å². The van der Waals surface area contributed by atoms with E-state index in [2.05, 4.69) is 27.1 Å². The summed E-state index contributed by atoms with van der Waals surface area (Å²) in [6.07, 6.45) is 3.26. The number of carbonyl (C=O) groups is 2. The van der Waals surface area contributed by atoms with Crippen LogP contribution in [-0.2, 0) is 4.74 Å². The summed E-state index contributed by atoms with van der Waals surface area (Å²) in [5.74, 6) is 0.813. The summed E-state index contributed by atoms with van der Waals surface area (Å²) in [5, 5.41) is 7.49. The van der Waals surface area contributed by atoms with Crippen LogP contribution in [0.3, 0.4) is 0 Å². The van der Waals surface area contributed by atoms with Gasteiger partial charge in [-0.2, -0.15) is 4.37 Å². The number of fused-ring (bicyclic) bond motifs is 1. The van der Waals surface area contributed by atoms with Crippen LogP contribution in [0.25, 0.3) is 15.7 Å². The second-order valence-electron chi connectivity index (χ2n) is 9.55. The van der Waals surface area contributed by atoms with Crippen LogP contribution in [0.5, 0.6) is 0 Å². The van der Waals surface area contributed by atoms with Crippen molar-refractivity contribution >= 4 is 45.0 Å². The van der Waals surface area contributed by atoms with Crippen molar-refractivity contribution in [2.45, 2.75) is 39.2 Å². The minimum absolute atomic E-state index is 0.0854. The molecule has 1 aliphatic rings. The topological polar surface area (TPSA) is 83.6 Å². The Labute approximate surface area is 210 Å². The summed E-state index contributed by atoms with van der Waals surface area (Å²) in [4.78, 5) is 26.7. The largest absolute Gasteiger partial charge is 0.444 e. The highest BCUT2D eigenvalue weighted by atomic mass is 32.1. The molecule has 184 valence electrons. The number of hydrogen-bond donors (Lipinski definition) is 2. The van der Waals surface area contributed by atoms with Crippen molar-refractivity contribution in [1.82, 2.24) is 14.6 Å². The van der Waals surface area contributed by atoms with E-state index in [9.17, 15) is 9.59 Å². The van der Waals surface area contributed by atoms with Gasteiger partial charge in [-0.05, 0) is 80.5 Å². The minimum atomic E-state index is -0.506. The summed E-state index contributed by atoms with van der Waals surface area (Å²) >= 11 is 1.48. The molecule has 7 nitrogen and oxygen atoms in total. The Balaban J connectivity index is 1.25. The van der Waals surface area contributed by atoms with Gasteiger partial charge >= 0.3 is 6.09 Å². The van der Waals surface area contributed by atoms with E-state index in [4.69, 9.17) is 4.74 Å². The molecule has 0 radical (unpaired) electrons. The molecule has 0 fully saturated rings. The van der Waals surface area contributed by atoms with E-state index < -0.39 is 5.60 Å². The molecule has 2 aromatic carbocycles. The molecule has 2 N–H and O–H groups in total. The Hall–Kier alpha value is -3.39. The maximum atomic E-state index is 12.7. The Morgan fingerprint density at radius 3 is 2.71 bits per heavy atom. The Morgan fingerprint density at radius 2 is 1.94 bits per heavy atom. The van der Waals surface area contributed by atoms with Crippen LogP contribution in [0.4, 0.5) is 10.6 Å². The van der Waals surface area contributed by atoms with Crippen LogP contribution >= 0.6 is 11.5 Å². The fourth-order valence-electron chi connectivity index (χ4n) is 3.90. The zero-order valence-electron chi connectivity index (χ0n) is 20.5. The molecule has 0 aliphatic carbocycles. The van der Waals surface area contributed by atoms with Gasteiger partial charge < -0.3 is 20.3 Å². The van der Waals surface area contributed by atoms with Crippen molar-refractivity contribution in [2.24, 2.45) is 0 Å². The summed E-state index contributed by atoms with van der Waals surface area (Å²) < 4.78 is 11.1. The smallest absolute Gasteiger partial charge is 0.410 e. The number of anilines is 1. The second kappa shape index (κ2) is 10.9. The van der Waals surface area contributed by atoms with Crippen molar-refractivity contribution in [1.29, 1.82) is 0 Å². The number of aromatic nitrogens is 1. The summed E-state index contributed by atoms with van der Waals surface area (Å²) in [5.41, 5.74) is 2.28. The van der Waals surface area contributed by atoms with E-state index in [0.717, 1.165) is 46.4 Å². The number of nitrogens with zero attached hydrogens (tertiary/aromatic N) is 2. The monoisotopic (exact) mass is 492 g/mol. The lowest BCUT2D eigenvalue weighted by molar-refractivity contribution is 0.0270. The Kier molecular flexibility index (Phi) is 7.70. The first-order valence-corrected chi connectivity index (χ1v) is 12.7. The van der Waals surface area contributed by atoms with E-state index in [1.807, 2.05) is 63.2 Å². The number of hydrogen-bond acceptors (Lipinski definition) is 6. The van der Waals surface area contributed by atoms with Gasteiger partial charge in [-0.25, -0.2) is 4.79 Å². The summed E-state index contributed by atoms with van der Waals surface area (Å²) in [6.45, 7) is 8.00. The highest BCUT2D eigenvalue weighted by molar-refractivity contribution is 7.13. The second-order valence-corrected chi connectivity index (χ2v) is 10.4. The van der Waals surface area contributed by atoms with Crippen molar-refractivity contribution in [3.05, 3.63) is 65.7 Å². The van der Waals surface area contributed by atoms with Gasteiger partial charge in [0.1, 0.15) is 11.4 Å². The van der Waals surface area contributed by atoms with E-state index in [0.29, 0.717) is 25.2 Å². The molecule has 0 atom stereocenters. The van der Waals surface area contributed by atoms with Gasteiger partial charge in [0.05, 0.1) is 4.70 Å². The van der Waals surface area contributed by atoms with Crippen LogP contribution in [0.15, 0.2) is 54.6 Å². The lowest BCUT2D eigenvalue weighted by Gasteiger charge is -2.29. The third-order valence-electron chi connectivity index (χ3n) is 5.67. The fraction of sp³-hybridized carbons (Fsp3) is 0.370. The quantitative estimate of drug-likeness (QED) is 0.422. The first-order chi connectivity index (χ1) is 16.8. The Bertz CT molecular complexity index is 1230. The predicted octanol–water partition coefficient (Wildman–Crippen LogP) is 5.55.